The van der Waals surface area contributed by atoms with Crippen LogP contribution in [0, 0.1) is 12.3 Å². The number of amides is 1. The van der Waals surface area contributed by atoms with Gasteiger partial charge < -0.3 is 9.30 Å². The van der Waals surface area contributed by atoms with Gasteiger partial charge in [-0.15, -0.1) is 0 Å². The van der Waals surface area contributed by atoms with Crippen LogP contribution < -0.4 is 4.74 Å². The van der Waals surface area contributed by atoms with E-state index in [1.807, 2.05) is 73.8 Å². The number of para-hydroxylation sites is 1. The van der Waals surface area contributed by atoms with Crippen molar-refractivity contribution in [3.8, 4) is 5.75 Å². The Morgan fingerprint density at radius 1 is 0.891 bits per heavy atom. The highest BCUT2D eigenvalue weighted by atomic mass is 32.2. The number of nitrogens with one attached hydrogen (secondary N) is 1. The van der Waals surface area contributed by atoms with Crippen molar-refractivity contribution in [2.75, 3.05) is 6.61 Å². The maximum absolute atomic E-state index is 13.2. The molecular formula is C38H33N5O2S. The van der Waals surface area contributed by atoms with Crippen LogP contribution in [0.3, 0.4) is 0 Å². The number of hydrogen-bond donors (Lipinski definition) is 1. The fourth-order valence-corrected chi connectivity index (χ4v) is 6.68. The third-order valence-corrected chi connectivity index (χ3v) is 9.50. The first-order valence-electron chi connectivity index (χ1n) is 15.2. The SMILES string of the molecule is Cc1ccc(C2=NN3C(=N)C(=Cc4cn(CCOc5ccc(C(C)(C)c6ccccc6)cc5)c5ccccc45)C(=O)N=C3S2)cc1. The third kappa shape index (κ3) is 5.56. The second kappa shape index (κ2) is 11.9. The van der Waals surface area contributed by atoms with Crippen LogP contribution in [0.15, 0.2) is 125 Å². The minimum atomic E-state index is -0.442. The fourth-order valence-electron chi connectivity index (χ4n) is 5.79. The van der Waals surface area contributed by atoms with Crippen LogP contribution >= 0.6 is 11.8 Å². The van der Waals surface area contributed by atoms with Crippen LogP contribution in [-0.2, 0) is 16.8 Å². The molecule has 4 aromatic carbocycles. The normalized spacial score (nSPS) is 15.7. The quantitative estimate of drug-likeness (QED) is 0.178. The van der Waals surface area contributed by atoms with Crippen molar-refractivity contribution in [3.05, 3.63) is 143 Å². The summed E-state index contributed by atoms with van der Waals surface area (Å²) in [6.45, 7) is 7.58. The molecule has 1 amide bonds. The van der Waals surface area contributed by atoms with Gasteiger partial charge in [0.2, 0.25) is 5.17 Å². The van der Waals surface area contributed by atoms with E-state index in [0.29, 0.717) is 23.4 Å². The molecule has 5 aromatic rings. The second-order valence-electron chi connectivity index (χ2n) is 12.0. The summed E-state index contributed by atoms with van der Waals surface area (Å²) in [7, 11) is 0. The number of fused-ring (bicyclic) bond motifs is 2. The molecule has 8 heteroatoms. The summed E-state index contributed by atoms with van der Waals surface area (Å²) in [5.74, 6) is 0.391. The van der Waals surface area contributed by atoms with E-state index in [2.05, 4.69) is 71.0 Å². The van der Waals surface area contributed by atoms with Crippen molar-refractivity contribution in [2.45, 2.75) is 32.7 Å². The number of rotatable bonds is 8. The molecule has 1 aromatic heterocycles. The van der Waals surface area contributed by atoms with Gasteiger partial charge >= 0.3 is 0 Å². The predicted molar refractivity (Wildman–Crippen MR) is 188 cm³/mol. The van der Waals surface area contributed by atoms with Crippen LogP contribution in [0.2, 0.25) is 0 Å². The molecule has 0 saturated heterocycles. The third-order valence-electron chi connectivity index (χ3n) is 8.54. The molecule has 0 fully saturated rings. The molecule has 1 N–H and O–H groups in total. The van der Waals surface area contributed by atoms with Crippen LogP contribution in [0.5, 0.6) is 5.75 Å². The molecule has 0 saturated carbocycles. The maximum Gasteiger partial charge on any atom is 0.283 e. The molecule has 228 valence electrons. The highest BCUT2D eigenvalue weighted by Crippen LogP contribution is 2.34. The van der Waals surface area contributed by atoms with E-state index in [9.17, 15) is 4.79 Å². The number of aryl methyl sites for hydroxylation is 1. The Bertz CT molecular complexity index is 2060. The lowest BCUT2D eigenvalue weighted by molar-refractivity contribution is -0.114. The number of benzene rings is 4. The van der Waals surface area contributed by atoms with E-state index in [4.69, 9.17) is 10.1 Å². The maximum atomic E-state index is 13.2. The van der Waals surface area contributed by atoms with Gasteiger partial charge in [0.15, 0.2) is 5.84 Å². The van der Waals surface area contributed by atoms with Crippen molar-refractivity contribution >= 4 is 50.7 Å². The zero-order chi connectivity index (χ0) is 31.8. The topological polar surface area (TPSA) is 83.0 Å². The van der Waals surface area contributed by atoms with Crippen molar-refractivity contribution < 1.29 is 9.53 Å². The Balaban J connectivity index is 1.08. The minimum absolute atomic E-state index is 0.0173. The van der Waals surface area contributed by atoms with Crippen molar-refractivity contribution in [1.29, 1.82) is 5.41 Å². The van der Waals surface area contributed by atoms with Gasteiger partial charge in [-0.3, -0.25) is 10.2 Å². The standard InChI is InChI=1S/C38H33N5O2S/c1-25-13-15-26(16-14-25)36-41-43-34(39)32(35(44)40-37(43)46-36)23-27-24-42(33-12-8-7-11-31(27)33)21-22-45-30-19-17-29(18-20-30)38(2,3)28-9-5-4-6-10-28/h4-20,23-24,39H,21-22H2,1-3H3. The Kier molecular flexibility index (Phi) is 7.66. The van der Waals surface area contributed by atoms with Gasteiger partial charge in [0, 0.05) is 33.6 Å². The molecule has 0 bridgehead atoms. The molecule has 46 heavy (non-hydrogen) atoms. The van der Waals surface area contributed by atoms with E-state index in [0.717, 1.165) is 33.3 Å². The van der Waals surface area contributed by atoms with E-state index < -0.39 is 5.91 Å². The Hall–Kier alpha value is -5.21. The van der Waals surface area contributed by atoms with E-state index >= 15 is 0 Å². The number of aliphatic imine (C=N–C) groups is 1. The zero-order valence-corrected chi connectivity index (χ0v) is 26.7. The average molecular weight is 624 g/mol. The summed E-state index contributed by atoms with van der Waals surface area (Å²) in [6.07, 6.45) is 3.76. The molecule has 7 rings (SSSR count). The predicted octanol–water partition coefficient (Wildman–Crippen LogP) is 8.02. The lowest BCUT2D eigenvalue weighted by Gasteiger charge is -2.26. The largest absolute Gasteiger partial charge is 0.492 e. The number of hydrazone groups is 1. The van der Waals surface area contributed by atoms with Gasteiger partial charge in [-0.2, -0.15) is 15.1 Å². The van der Waals surface area contributed by atoms with Gasteiger partial charge in [0.05, 0.1) is 12.1 Å². The highest BCUT2D eigenvalue weighted by molar-refractivity contribution is 8.27. The number of aromatic nitrogens is 1. The zero-order valence-electron chi connectivity index (χ0n) is 25.9. The Morgan fingerprint density at radius 2 is 1.59 bits per heavy atom. The molecule has 0 atom stereocenters. The van der Waals surface area contributed by atoms with Gasteiger partial charge in [-0.05, 0) is 54.1 Å². The van der Waals surface area contributed by atoms with Crippen LogP contribution in [0.4, 0.5) is 0 Å². The van der Waals surface area contributed by atoms with Crippen molar-refractivity contribution in [1.82, 2.24) is 9.58 Å². The van der Waals surface area contributed by atoms with E-state index in [-0.39, 0.29) is 16.8 Å². The number of ether oxygens (including phenoxy) is 1. The molecule has 0 aliphatic carbocycles. The summed E-state index contributed by atoms with van der Waals surface area (Å²) in [4.78, 5) is 17.5. The van der Waals surface area contributed by atoms with Gasteiger partial charge in [0.1, 0.15) is 17.4 Å². The summed E-state index contributed by atoms with van der Waals surface area (Å²) in [6, 6.07) is 34.9. The molecule has 0 unspecified atom stereocenters. The number of amidine groups is 2. The first-order chi connectivity index (χ1) is 22.3. The molecule has 2 aliphatic rings. The minimum Gasteiger partial charge on any atom is -0.492 e. The van der Waals surface area contributed by atoms with Crippen LogP contribution in [-0.4, -0.2) is 38.1 Å². The number of nitrogens with zero attached hydrogens (tertiary/aromatic N) is 4. The molecule has 2 aliphatic heterocycles. The summed E-state index contributed by atoms with van der Waals surface area (Å²) >= 11 is 1.30. The fraction of sp³-hybridized carbons (Fsp3) is 0.158. The van der Waals surface area contributed by atoms with Crippen molar-refractivity contribution in [2.24, 2.45) is 10.1 Å². The number of carbonyl (C=O) groups is 1. The molecule has 0 radical (unpaired) electrons. The average Bonchev–Trinajstić information content (AvgIpc) is 3.66. The van der Waals surface area contributed by atoms with Crippen LogP contribution in [0.25, 0.3) is 17.0 Å². The number of thioether (sulfide) groups is 1. The van der Waals surface area contributed by atoms with E-state index in [1.165, 1.54) is 27.9 Å². The number of carbonyl (C=O) groups excluding carboxylic acids is 1. The molecule has 7 nitrogen and oxygen atoms in total. The smallest absolute Gasteiger partial charge is 0.283 e. The molecule has 0 spiro atoms. The first kappa shape index (κ1) is 29.5. The second-order valence-corrected chi connectivity index (χ2v) is 12.9. The van der Waals surface area contributed by atoms with Crippen LogP contribution in [0.1, 0.15) is 41.7 Å². The van der Waals surface area contributed by atoms with Crippen molar-refractivity contribution in [3.63, 3.8) is 0 Å². The first-order valence-corrected chi connectivity index (χ1v) is 16.0. The number of hydrogen-bond acceptors (Lipinski definition) is 5. The van der Waals surface area contributed by atoms with E-state index in [1.54, 1.807) is 6.08 Å². The lowest BCUT2D eigenvalue weighted by atomic mass is 9.78. The van der Waals surface area contributed by atoms with Gasteiger partial charge in [-0.25, -0.2) is 0 Å². The highest BCUT2D eigenvalue weighted by Gasteiger charge is 2.36. The summed E-state index contributed by atoms with van der Waals surface area (Å²) in [5.41, 5.74) is 6.53. The molecular weight excluding hydrogens is 591 g/mol. The monoisotopic (exact) mass is 623 g/mol. The summed E-state index contributed by atoms with van der Waals surface area (Å²) in [5, 5.41) is 17.1. The van der Waals surface area contributed by atoms with Gasteiger partial charge in [0.25, 0.3) is 5.91 Å². The molecule has 3 heterocycles. The lowest BCUT2D eigenvalue weighted by Crippen LogP contribution is -2.35. The summed E-state index contributed by atoms with van der Waals surface area (Å²) < 4.78 is 8.28. The van der Waals surface area contributed by atoms with Gasteiger partial charge in [-0.1, -0.05) is 104 Å². The Labute approximate surface area is 272 Å². The Morgan fingerprint density at radius 3 is 2.35 bits per heavy atom.